The number of hydrogen-bond acceptors (Lipinski definition) is 4. The van der Waals surface area contributed by atoms with Gasteiger partial charge >= 0.3 is 5.97 Å². The molecule has 3 rings (SSSR count). The molecule has 1 heterocycles. The molecule has 2 aromatic rings. The van der Waals surface area contributed by atoms with Gasteiger partial charge in [0, 0.05) is 24.3 Å². The van der Waals surface area contributed by atoms with Crippen molar-refractivity contribution >= 4 is 29.2 Å². The van der Waals surface area contributed by atoms with Crippen LogP contribution < -0.4 is 10.2 Å². The summed E-state index contributed by atoms with van der Waals surface area (Å²) >= 11 is 0. The number of anilines is 2. The highest BCUT2D eigenvalue weighted by Gasteiger charge is 2.35. The molecular formula is C21H22N2O4. The molecule has 1 saturated heterocycles. The van der Waals surface area contributed by atoms with Crippen LogP contribution in [0.4, 0.5) is 11.4 Å². The molecule has 0 bridgehead atoms. The number of ether oxygens (including phenoxy) is 1. The largest absolute Gasteiger partial charge is 0.465 e. The summed E-state index contributed by atoms with van der Waals surface area (Å²) in [6, 6.07) is 14.3. The zero-order valence-corrected chi connectivity index (χ0v) is 15.4. The van der Waals surface area contributed by atoms with Crippen LogP contribution in [-0.2, 0) is 20.7 Å². The van der Waals surface area contributed by atoms with Crippen LogP contribution in [0.1, 0.15) is 29.3 Å². The van der Waals surface area contributed by atoms with Gasteiger partial charge in [-0.05, 0) is 36.2 Å². The first-order valence-electron chi connectivity index (χ1n) is 8.91. The Bertz CT molecular complexity index is 878. The second-order valence-corrected chi connectivity index (χ2v) is 6.45. The van der Waals surface area contributed by atoms with E-state index in [1.165, 1.54) is 7.11 Å². The summed E-state index contributed by atoms with van der Waals surface area (Å²) in [6.07, 6.45) is 0.953. The zero-order chi connectivity index (χ0) is 19.4. The Morgan fingerprint density at radius 3 is 2.70 bits per heavy atom. The van der Waals surface area contributed by atoms with Crippen LogP contribution in [0, 0.1) is 5.92 Å². The molecule has 1 unspecified atom stereocenters. The number of hydrogen-bond donors (Lipinski definition) is 1. The van der Waals surface area contributed by atoms with Gasteiger partial charge in [0.15, 0.2) is 0 Å². The Labute approximate surface area is 158 Å². The minimum Gasteiger partial charge on any atom is -0.465 e. The van der Waals surface area contributed by atoms with Crippen molar-refractivity contribution in [2.45, 2.75) is 19.8 Å². The third-order valence-electron chi connectivity index (χ3n) is 4.73. The molecule has 6 heteroatoms. The first-order valence-corrected chi connectivity index (χ1v) is 8.91. The Balaban J connectivity index is 1.73. The minimum absolute atomic E-state index is 0.138. The van der Waals surface area contributed by atoms with Gasteiger partial charge in [-0.15, -0.1) is 0 Å². The Hall–Kier alpha value is -3.15. The number of para-hydroxylation sites is 1. The fraction of sp³-hybridized carbons (Fsp3) is 0.286. The van der Waals surface area contributed by atoms with Crippen molar-refractivity contribution in [1.29, 1.82) is 0 Å². The molecule has 1 atom stereocenters. The molecule has 140 valence electrons. The van der Waals surface area contributed by atoms with Crippen molar-refractivity contribution in [2.75, 3.05) is 23.9 Å². The van der Waals surface area contributed by atoms with Crippen LogP contribution in [0.3, 0.4) is 0 Å². The molecule has 1 N–H and O–H groups in total. The van der Waals surface area contributed by atoms with Crippen LogP contribution >= 0.6 is 0 Å². The van der Waals surface area contributed by atoms with E-state index in [1.54, 1.807) is 29.2 Å². The summed E-state index contributed by atoms with van der Waals surface area (Å²) in [4.78, 5) is 38.4. The van der Waals surface area contributed by atoms with E-state index in [-0.39, 0.29) is 24.8 Å². The number of aryl methyl sites for hydroxylation is 1. The standard InChI is InChI=1S/C21H22N2O4/c1-3-14-7-4-5-10-18(14)22-20(25)16-12-19(24)23(13-16)17-9-6-8-15(11-17)21(26)27-2/h4-11,16H,3,12-13H2,1-2H3,(H,22,25). The molecule has 1 aliphatic rings. The summed E-state index contributed by atoms with van der Waals surface area (Å²) in [5.41, 5.74) is 2.79. The summed E-state index contributed by atoms with van der Waals surface area (Å²) < 4.78 is 4.72. The van der Waals surface area contributed by atoms with Gasteiger partial charge < -0.3 is 15.0 Å². The van der Waals surface area contributed by atoms with Gasteiger partial charge in [-0.1, -0.05) is 31.2 Å². The van der Waals surface area contributed by atoms with Crippen molar-refractivity contribution in [3.63, 3.8) is 0 Å². The average Bonchev–Trinajstić information content (AvgIpc) is 3.09. The number of nitrogens with zero attached hydrogens (tertiary/aromatic N) is 1. The van der Waals surface area contributed by atoms with Gasteiger partial charge in [0.25, 0.3) is 0 Å². The quantitative estimate of drug-likeness (QED) is 0.826. The maximum atomic E-state index is 12.7. The lowest BCUT2D eigenvalue weighted by Crippen LogP contribution is -2.28. The molecule has 27 heavy (non-hydrogen) atoms. The fourth-order valence-electron chi connectivity index (χ4n) is 3.24. The number of amides is 2. The smallest absolute Gasteiger partial charge is 0.337 e. The molecule has 6 nitrogen and oxygen atoms in total. The molecule has 0 spiro atoms. The van der Waals surface area contributed by atoms with Gasteiger partial charge in [-0.3, -0.25) is 9.59 Å². The van der Waals surface area contributed by atoms with Gasteiger partial charge in [0.05, 0.1) is 18.6 Å². The molecule has 0 aliphatic carbocycles. The Morgan fingerprint density at radius 2 is 1.96 bits per heavy atom. The lowest BCUT2D eigenvalue weighted by molar-refractivity contribution is -0.122. The number of carbonyl (C=O) groups is 3. The van der Waals surface area contributed by atoms with E-state index in [4.69, 9.17) is 4.74 Å². The van der Waals surface area contributed by atoms with E-state index in [2.05, 4.69) is 5.32 Å². The summed E-state index contributed by atoms with van der Waals surface area (Å²) in [5.74, 6) is -1.21. The molecule has 0 radical (unpaired) electrons. The third-order valence-corrected chi connectivity index (χ3v) is 4.73. The Morgan fingerprint density at radius 1 is 1.19 bits per heavy atom. The van der Waals surface area contributed by atoms with Gasteiger partial charge in [-0.2, -0.15) is 0 Å². The predicted octanol–water partition coefficient (Wildman–Crippen LogP) is 3.03. The van der Waals surface area contributed by atoms with Crippen molar-refractivity contribution in [3.8, 4) is 0 Å². The van der Waals surface area contributed by atoms with E-state index < -0.39 is 11.9 Å². The maximum absolute atomic E-state index is 12.7. The normalized spacial score (nSPS) is 16.3. The third kappa shape index (κ3) is 4.00. The number of nitrogens with one attached hydrogen (secondary N) is 1. The van der Waals surface area contributed by atoms with Crippen molar-refractivity contribution in [2.24, 2.45) is 5.92 Å². The average molecular weight is 366 g/mol. The molecule has 1 aliphatic heterocycles. The first kappa shape index (κ1) is 18.6. The first-order chi connectivity index (χ1) is 13.0. The summed E-state index contributed by atoms with van der Waals surface area (Å²) in [6.45, 7) is 2.31. The second kappa shape index (κ2) is 8.03. The van der Waals surface area contributed by atoms with Crippen molar-refractivity contribution in [1.82, 2.24) is 0 Å². The predicted molar refractivity (Wildman–Crippen MR) is 103 cm³/mol. The van der Waals surface area contributed by atoms with Crippen LogP contribution in [0.5, 0.6) is 0 Å². The van der Waals surface area contributed by atoms with E-state index in [0.29, 0.717) is 11.3 Å². The lowest BCUT2D eigenvalue weighted by atomic mass is 10.1. The highest BCUT2D eigenvalue weighted by molar-refractivity contribution is 6.04. The minimum atomic E-state index is -0.464. The molecule has 0 aromatic heterocycles. The summed E-state index contributed by atoms with van der Waals surface area (Å²) in [7, 11) is 1.31. The van der Waals surface area contributed by atoms with Crippen LogP contribution in [0.25, 0.3) is 0 Å². The lowest BCUT2D eigenvalue weighted by Gasteiger charge is -2.18. The van der Waals surface area contributed by atoms with E-state index in [9.17, 15) is 14.4 Å². The highest BCUT2D eigenvalue weighted by atomic mass is 16.5. The maximum Gasteiger partial charge on any atom is 0.337 e. The molecule has 2 aromatic carbocycles. The summed E-state index contributed by atoms with van der Waals surface area (Å²) in [5, 5.41) is 2.94. The number of carbonyl (C=O) groups excluding carboxylic acids is 3. The van der Waals surface area contributed by atoms with Crippen LogP contribution in [0.15, 0.2) is 48.5 Å². The Kier molecular flexibility index (Phi) is 5.54. The molecule has 2 amide bonds. The number of rotatable bonds is 5. The number of benzene rings is 2. The fourth-order valence-corrected chi connectivity index (χ4v) is 3.24. The van der Waals surface area contributed by atoms with Crippen LogP contribution in [0.2, 0.25) is 0 Å². The molecular weight excluding hydrogens is 344 g/mol. The van der Waals surface area contributed by atoms with E-state index in [0.717, 1.165) is 17.7 Å². The van der Waals surface area contributed by atoms with Crippen LogP contribution in [-0.4, -0.2) is 31.4 Å². The van der Waals surface area contributed by atoms with Crippen molar-refractivity contribution in [3.05, 3.63) is 59.7 Å². The molecule has 0 saturated carbocycles. The van der Waals surface area contributed by atoms with E-state index >= 15 is 0 Å². The zero-order valence-electron chi connectivity index (χ0n) is 15.4. The number of esters is 1. The topological polar surface area (TPSA) is 75.7 Å². The monoisotopic (exact) mass is 366 g/mol. The number of methoxy groups -OCH3 is 1. The van der Waals surface area contributed by atoms with Crippen molar-refractivity contribution < 1.29 is 19.1 Å². The van der Waals surface area contributed by atoms with Gasteiger partial charge in [0.2, 0.25) is 11.8 Å². The van der Waals surface area contributed by atoms with E-state index in [1.807, 2.05) is 31.2 Å². The second-order valence-electron chi connectivity index (χ2n) is 6.45. The highest BCUT2D eigenvalue weighted by Crippen LogP contribution is 2.27. The van der Waals surface area contributed by atoms with Gasteiger partial charge in [0.1, 0.15) is 0 Å². The SMILES string of the molecule is CCc1ccccc1NC(=O)C1CC(=O)N(c2cccc(C(=O)OC)c2)C1. The van der Waals surface area contributed by atoms with Gasteiger partial charge in [-0.25, -0.2) is 4.79 Å². The molecule has 1 fully saturated rings.